The van der Waals surface area contributed by atoms with E-state index >= 15 is 0 Å². The standard InChI is InChI=1S/C15H18FN3O4/c1-7-4-19(5-8(2)22-7)13-9(6-20)3-10-12(15(17)21)18-23-14(10)11(13)16/h3,7-8,20H,4-6H2,1-2H3,(H2,17,21). The molecule has 2 unspecified atom stereocenters. The Morgan fingerprint density at radius 1 is 1.48 bits per heavy atom. The number of aliphatic hydroxyl groups is 1. The van der Waals surface area contributed by atoms with Crippen LogP contribution in [0.2, 0.25) is 0 Å². The Labute approximate surface area is 131 Å². The molecule has 1 aliphatic rings. The molecule has 2 heterocycles. The number of nitrogens with zero attached hydrogens (tertiary/aromatic N) is 2. The molecular weight excluding hydrogens is 305 g/mol. The van der Waals surface area contributed by atoms with Gasteiger partial charge in [0.2, 0.25) is 5.58 Å². The fourth-order valence-corrected chi connectivity index (χ4v) is 3.08. The Bertz CT molecular complexity index is 751. The van der Waals surface area contributed by atoms with Crippen LogP contribution in [0.15, 0.2) is 10.6 Å². The molecule has 2 atom stereocenters. The maximum atomic E-state index is 15.0. The van der Waals surface area contributed by atoms with Gasteiger partial charge in [-0.05, 0) is 19.9 Å². The quantitative estimate of drug-likeness (QED) is 0.879. The van der Waals surface area contributed by atoms with E-state index in [0.717, 1.165) is 0 Å². The van der Waals surface area contributed by atoms with Crippen LogP contribution in [0.5, 0.6) is 0 Å². The average molecular weight is 323 g/mol. The van der Waals surface area contributed by atoms with Crippen LogP contribution < -0.4 is 10.6 Å². The third-order valence-corrected chi connectivity index (χ3v) is 3.90. The Morgan fingerprint density at radius 3 is 2.70 bits per heavy atom. The highest BCUT2D eigenvalue weighted by Crippen LogP contribution is 2.34. The van der Waals surface area contributed by atoms with Crippen molar-refractivity contribution in [3.05, 3.63) is 23.1 Å². The first kappa shape index (κ1) is 15.7. The minimum Gasteiger partial charge on any atom is -0.392 e. The predicted molar refractivity (Wildman–Crippen MR) is 80.6 cm³/mol. The maximum Gasteiger partial charge on any atom is 0.271 e. The molecule has 124 valence electrons. The number of halogens is 1. The van der Waals surface area contributed by atoms with Crippen LogP contribution in [0.1, 0.15) is 29.9 Å². The Hall–Kier alpha value is -2.19. The summed E-state index contributed by atoms with van der Waals surface area (Å²) in [6.07, 6.45) is -0.146. The van der Waals surface area contributed by atoms with E-state index < -0.39 is 11.7 Å². The van der Waals surface area contributed by atoms with Crippen molar-refractivity contribution in [2.45, 2.75) is 32.7 Å². The van der Waals surface area contributed by atoms with Crippen LogP contribution in [-0.4, -0.2) is 41.5 Å². The zero-order chi connectivity index (χ0) is 16.7. The molecule has 0 radical (unpaired) electrons. The number of primary amides is 1. The van der Waals surface area contributed by atoms with Gasteiger partial charge in [-0.2, -0.15) is 0 Å². The average Bonchev–Trinajstić information content (AvgIpc) is 2.90. The van der Waals surface area contributed by atoms with Gasteiger partial charge >= 0.3 is 0 Å². The van der Waals surface area contributed by atoms with Gasteiger partial charge in [-0.15, -0.1) is 0 Å². The predicted octanol–water partition coefficient (Wildman–Crippen LogP) is 1.17. The number of ether oxygens (including phenoxy) is 1. The zero-order valence-corrected chi connectivity index (χ0v) is 12.9. The number of anilines is 1. The summed E-state index contributed by atoms with van der Waals surface area (Å²) in [5.41, 5.74) is 5.51. The van der Waals surface area contributed by atoms with Crippen molar-refractivity contribution >= 4 is 22.6 Å². The minimum absolute atomic E-state index is 0.0729. The summed E-state index contributed by atoms with van der Waals surface area (Å²) >= 11 is 0. The van der Waals surface area contributed by atoms with Gasteiger partial charge in [0.05, 0.1) is 29.9 Å². The second kappa shape index (κ2) is 5.78. The van der Waals surface area contributed by atoms with E-state index in [2.05, 4.69) is 5.16 Å². The van der Waals surface area contributed by atoms with Gasteiger partial charge in [-0.25, -0.2) is 4.39 Å². The van der Waals surface area contributed by atoms with Crippen LogP contribution in [0.4, 0.5) is 10.1 Å². The largest absolute Gasteiger partial charge is 0.392 e. The number of morpholine rings is 1. The first-order valence-corrected chi connectivity index (χ1v) is 7.34. The van der Waals surface area contributed by atoms with Crippen LogP contribution in [-0.2, 0) is 11.3 Å². The second-order valence-electron chi connectivity index (χ2n) is 5.79. The van der Waals surface area contributed by atoms with Crippen molar-refractivity contribution in [1.82, 2.24) is 5.16 Å². The van der Waals surface area contributed by atoms with Crippen molar-refractivity contribution in [3.63, 3.8) is 0 Å². The highest BCUT2D eigenvalue weighted by molar-refractivity contribution is 6.04. The third kappa shape index (κ3) is 2.64. The normalized spacial score (nSPS) is 21.8. The number of aliphatic hydroxyl groups excluding tert-OH is 1. The van der Waals surface area contributed by atoms with Crippen LogP contribution in [0.3, 0.4) is 0 Å². The van der Waals surface area contributed by atoms with Crippen LogP contribution in [0.25, 0.3) is 11.0 Å². The van der Waals surface area contributed by atoms with Gasteiger partial charge in [0, 0.05) is 18.7 Å². The van der Waals surface area contributed by atoms with Crippen LogP contribution in [0, 0.1) is 5.82 Å². The molecule has 1 saturated heterocycles. The van der Waals surface area contributed by atoms with Gasteiger partial charge in [0.1, 0.15) is 0 Å². The molecule has 2 aromatic rings. The number of carbonyl (C=O) groups excluding carboxylic acids is 1. The summed E-state index contributed by atoms with van der Waals surface area (Å²) in [6.45, 7) is 4.38. The number of aromatic nitrogens is 1. The fraction of sp³-hybridized carbons (Fsp3) is 0.467. The number of nitrogens with two attached hydrogens (primary N) is 1. The number of hydrogen-bond donors (Lipinski definition) is 2. The highest BCUT2D eigenvalue weighted by Gasteiger charge is 2.29. The number of carbonyl (C=O) groups is 1. The van der Waals surface area contributed by atoms with Crippen molar-refractivity contribution < 1.29 is 23.6 Å². The van der Waals surface area contributed by atoms with E-state index in [1.54, 1.807) is 0 Å². The Kier molecular flexibility index (Phi) is 3.95. The van der Waals surface area contributed by atoms with E-state index in [0.29, 0.717) is 18.7 Å². The molecule has 8 heteroatoms. The maximum absolute atomic E-state index is 15.0. The lowest BCUT2D eigenvalue weighted by molar-refractivity contribution is -0.00550. The number of fused-ring (bicyclic) bond motifs is 1. The summed E-state index contributed by atoms with van der Waals surface area (Å²) in [4.78, 5) is 13.2. The SMILES string of the molecule is CC1CN(c2c(CO)cc3c(C(N)=O)noc3c2F)CC(C)O1. The molecule has 0 spiro atoms. The molecule has 0 bridgehead atoms. The first-order valence-electron chi connectivity index (χ1n) is 7.34. The van der Waals surface area contributed by atoms with Crippen LogP contribution >= 0.6 is 0 Å². The lowest BCUT2D eigenvalue weighted by Gasteiger charge is -2.37. The number of amides is 1. The van der Waals surface area contributed by atoms with E-state index in [1.165, 1.54) is 6.07 Å². The van der Waals surface area contributed by atoms with Gasteiger partial charge < -0.3 is 25.0 Å². The zero-order valence-electron chi connectivity index (χ0n) is 12.9. The molecule has 1 aliphatic heterocycles. The molecule has 3 N–H and O–H groups in total. The summed E-state index contributed by atoms with van der Waals surface area (Å²) in [7, 11) is 0. The number of rotatable bonds is 3. The monoisotopic (exact) mass is 323 g/mol. The molecule has 7 nitrogen and oxygen atoms in total. The van der Waals surface area contributed by atoms with E-state index in [-0.39, 0.29) is 41.2 Å². The summed E-state index contributed by atoms with van der Waals surface area (Å²) < 4.78 is 25.6. The fourth-order valence-electron chi connectivity index (χ4n) is 3.08. The molecule has 3 rings (SSSR count). The van der Waals surface area contributed by atoms with Gasteiger partial charge in [0.15, 0.2) is 11.5 Å². The van der Waals surface area contributed by atoms with Gasteiger partial charge in [0.25, 0.3) is 5.91 Å². The molecule has 0 saturated carbocycles. The van der Waals surface area contributed by atoms with Crippen molar-refractivity contribution in [3.8, 4) is 0 Å². The third-order valence-electron chi connectivity index (χ3n) is 3.90. The smallest absolute Gasteiger partial charge is 0.271 e. The molecule has 1 aromatic heterocycles. The van der Waals surface area contributed by atoms with E-state index in [1.807, 2.05) is 18.7 Å². The molecule has 1 aromatic carbocycles. The van der Waals surface area contributed by atoms with Crippen molar-refractivity contribution in [1.29, 1.82) is 0 Å². The molecule has 1 amide bonds. The number of benzene rings is 1. The highest BCUT2D eigenvalue weighted by atomic mass is 19.1. The molecular formula is C15H18FN3O4. The topological polar surface area (TPSA) is 102 Å². The Balaban J connectivity index is 2.16. The summed E-state index contributed by atoms with van der Waals surface area (Å²) in [5, 5.41) is 13.3. The van der Waals surface area contributed by atoms with Crippen molar-refractivity contribution in [2.75, 3.05) is 18.0 Å². The molecule has 1 fully saturated rings. The molecule has 23 heavy (non-hydrogen) atoms. The summed E-state index contributed by atoms with van der Waals surface area (Å²) in [6, 6.07) is 1.50. The van der Waals surface area contributed by atoms with Crippen molar-refractivity contribution in [2.24, 2.45) is 5.73 Å². The number of hydrogen-bond acceptors (Lipinski definition) is 6. The van der Waals surface area contributed by atoms with Gasteiger partial charge in [-0.1, -0.05) is 5.16 Å². The van der Waals surface area contributed by atoms with E-state index in [4.69, 9.17) is 15.0 Å². The first-order chi connectivity index (χ1) is 10.9. The summed E-state index contributed by atoms with van der Waals surface area (Å²) in [5.74, 6) is -1.47. The minimum atomic E-state index is -0.812. The lowest BCUT2D eigenvalue weighted by atomic mass is 10.1. The van der Waals surface area contributed by atoms with Gasteiger partial charge in [-0.3, -0.25) is 4.79 Å². The molecule has 0 aliphatic carbocycles. The Morgan fingerprint density at radius 2 is 2.13 bits per heavy atom. The van der Waals surface area contributed by atoms with E-state index in [9.17, 15) is 14.3 Å². The second-order valence-corrected chi connectivity index (χ2v) is 5.79. The lowest BCUT2D eigenvalue weighted by Crippen LogP contribution is -2.46.